The monoisotopic (exact) mass is 276 g/mol. The van der Waals surface area contributed by atoms with E-state index in [1.54, 1.807) is 0 Å². The molecule has 0 radical (unpaired) electrons. The highest BCUT2D eigenvalue weighted by molar-refractivity contribution is 6.15. The zero-order chi connectivity index (χ0) is 13.4. The summed E-state index contributed by atoms with van der Waals surface area (Å²) in [6, 6.07) is 5.97. The first kappa shape index (κ1) is 12.4. The van der Waals surface area contributed by atoms with E-state index in [-0.39, 0.29) is 0 Å². The highest BCUT2D eigenvalue weighted by Gasteiger charge is 2.22. The molecule has 2 aliphatic heterocycles. The van der Waals surface area contributed by atoms with E-state index < -0.39 is 0 Å². The quantitative estimate of drug-likeness (QED) is 0.647. The number of nitrogens with one attached hydrogen (secondary N) is 2. The minimum Gasteiger partial charge on any atom is -0.507 e. The molecule has 4 rings (SSSR count). The number of alkyl halides is 1. The summed E-state index contributed by atoms with van der Waals surface area (Å²) in [5.74, 6) is 0.392. The van der Waals surface area contributed by atoms with Gasteiger partial charge in [0.05, 0.1) is 0 Å². The van der Waals surface area contributed by atoms with E-state index >= 15 is 0 Å². The molecule has 2 aliphatic rings. The lowest BCUT2D eigenvalue weighted by Crippen LogP contribution is -1.90. The third kappa shape index (κ3) is 1.80. The summed E-state index contributed by atoms with van der Waals surface area (Å²) in [6.07, 6.45) is 3.59. The van der Waals surface area contributed by atoms with Crippen LogP contribution in [-0.4, -0.2) is 24.6 Å². The lowest BCUT2D eigenvalue weighted by molar-refractivity contribution is 0.482. The number of benzene rings is 2. The predicted octanol–water partition coefficient (Wildman–Crippen LogP) is 3.34. The van der Waals surface area contributed by atoms with Crippen molar-refractivity contribution in [1.29, 1.82) is 0 Å². The molecule has 0 unspecified atom stereocenters. The zero-order valence-corrected chi connectivity index (χ0v) is 11.6. The molecular formula is C15H17ClN2O. The minimum absolute atomic E-state index is 0.392. The van der Waals surface area contributed by atoms with Gasteiger partial charge in [0.15, 0.2) is 0 Å². The van der Waals surface area contributed by atoms with Crippen molar-refractivity contribution in [2.24, 2.45) is 0 Å². The van der Waals surface area contributed by atoms with Gasteiger partial charge in [-0.3, -0.25) is 0 Å². The topological polar surface area (TPSA) is 44.3 Å². The Labute approximate surface area is 117 Å². The second-order valence-electron chi connectivity index (χ2n) is 4.79. The lowest BCUT2D eigenvalue weighted by Gasteiger charge is -2.11. The van der Waals surface area contributed by atoms with Crippen LogP contribution in [0.25, 0.3) is 10.8 Å². The van der Waals surface area contributed by atoms with Crippen LogP contribution in [0.2, 0.25) is 0 Å². The van der Waals surface area contributed by atoms with Gasteiger partial charge in [-0.2, -0.15) is 0 Å². The van der Waals surface area contributed by atoms with Gasteiger partial charge in [-0.25, -0.2) is 0 Å². The Morgan fingerprint density at radius 1 is 1.00 bits per heavy atom. The van der Waals surface area contributed by atoms with E-state index in [4.69, 9.17) is 0 Å². The molecule has 0 fully saturated rings. The van der Waals surface area contributed by atoms with Gasteiger partial charge in [-0.15, -0.1) is 11.6 Å². The van der Waals surface area contributed by atoms with Crippen LogP contribution in [0.5, 0.6) is 5.75 Å². The molecule has 0 aliphatic carbocycles. The van der Waals surface area contributed by atoms with Gasteiger partial charge in [0.25, 0.3) is 0 Å². The molecule has 2 aromatic rings. The van der Waals surface area contributed by atoms with Crippen LogP contribution in [0.4, 0.5) is 11.4 Å². The maximum atomic E-state index is 10.1. The zero-order valence-electron chi connectivity index (χ0n) is 10.9. The molecule has 3 N–H and O–H groups in total. The van der Waals surface area contributed by atoms with E-state index in [0.29, 0.717) is 5.75 Å². The highest BCUT2D eigenvalue weighted by Crippen LogP contribution is 2.41. The molecule has 0 aromatic heterocycles. The van der Waals surface area contributed by atoms with Crippen LogP contribution in [0.3, 0.4) is 0 Å². The Bertz CT molecular complexity index is 632. The molecule has 2 aromatic carbocycles. The van der Waals surface area contributed by atoms with Crippen LogP contribution >= 0.6 is 11.6 Å². The number of rotatable bonds is 0. The van der Waals surface area contributed by atoms with Gasteiger partial charge < -0.3 is 15.7 Å². The summed E-state index contributed by atoms with van der Waals surface area (Å²) in [6.45, 7) is 1.98. The van der Waals surface area contributed by atoms with Crippen LogP contribution in [0, 0.1) is 0 Å². The molecule has 0 atom stereocenters. The fourth-order valence-electron chi connectivity index (χ4n) is 3.13. The number of aromatic hydroxyl groups is 1. The summed E-state index contributed by atoms with van der Waals surface area (Å²) in [7, 11) is 0. The molecule has 0 saturated heterocycles. The number of phenolic OH excluding ortho intramolecular Hbond substituents is 1. The smallest absolute Gasteiger partial charge is 0.125 e. The van der Waals surface area contributed by atoms with Gasteiger partial charge in [-0.1, -0.05) is 0 Å². The average Bonchev–Trinajstić information content (AvgIpc) is 3.08. The number of halogens is 1. The minimum atomic E-state index is 0.392. The fraction of sp³-hybridized carbons (Fsp3) is 0.333. The van der Waals surface area contributed by atoms with Gasteiger partial charge in [-0.05, 0) is 41.5 Å². The third-order valence-electron chi connectivity index (χ3n) is 3.88. The second kappa shape index (κ2) is 4.82. The molecule has 2 heterocycles. The summed E-state index contributed by atoms with van der Waals surface area (Å²) in [4.78, 5) is 0. The van der Waals surface area contributed by atoms with E-state index in [1.807, 2.05) is 12.1 Å². The van der Waals surface area contributed by atoms with Crippen molar-refractivity contribution >= 4 is 33.7 Å². The third-order valence-corrected chi connectivity index (χ3v) is 3.88. The molecule has 0 bridgehead atoms. The summed E-state index contributed by atoms with van der Waals surface area (Å²) < 4.78 is 0. The van der Waals surface area contributed by atoms with E-state index in [2.05, 4.69) is 28.3 Å². The summed E-state index contributed by atoms with van der Waals surface area (Å²) >= 11 is 4.64. The van der Waals surface area contributed by atoms with E-state index in [0.717, 1.165) is 37.0 Å². The number of hydrogen-bond acceptors (Lipinski definition) is 3. The Balaban J connectivity index is 0.000000528. The van der Waals surface area contributed by atoms with Crippen molar-refractivity contribution in [2.75, 3.05) is 30.1 Å². The number of phenols is 1. The highest BCUT2D eigenvalue weighted by atomic mass is 35.5. The number of hydrogen-bond donors (Lipinski definition) is 3. The molecule has 19 heavy (non-hydrogen) atoms. The molecule has 0 spiro atoms. The van der Waals surface area contributed by atoms with Gasteiger partial charge in [0.1, 0.15) is 5.75 Å². The first-order chi connectivity index (χ1) is 9.34. The van der Waals surface area contributed by atoms with E-state index in [9.17, 15) is 5.11 Å². The van der Waals surface area contributed by atoms with Crippen molar-refractivity contribution in [3.05, 3.63) is 29.3 Å². The largest absolute Gasteiger partial charge is 0.507 e. The Hall–Kier alpha value is -1.61. The molecular weight excluding hydrogens is 260 g/mol. The Morgan fingerprint density at radius 3 is 2.37 bits per heavy atom. The van der Waals surface area contributed by atoms with Gasteiger partial charge >= 0.3 is 0 Å². The van der Waals surface area contributed by atoms with E-state index in [1.165, 1.54) is 28.6 Å². The van der Waals surface area contributed by atoms with Crippen LogP contribution in [0.15, 0.2) is 18.2 Å². The predicted molar refractivity (Wildman–Crippen MR) is 81.8 cm³/mol. The van der Waals surface area contributed by atoms with Crippen molar-refractivity contribution in [3.63, 3.8) is 0 Å². The van der Waals surface area contributed by atoms with Crippen LogP contribution in [0.1, 0.15) is 11.1 Å². The standard InChI is InChI=1S/C14H14N2O.CH3Cl/c17-13-7-12-9(4-6-16-12)14-8-3-5-15-11(8)2-1-10(13)14;1-2/h1-2,7,15-17H,3-6H2;1H3. The molecule has 3 nitrogen and oxygen atoms in total. The maximum absolute atomic E-state index is 10.1. The average molecular weight is 277 g/mol. The number of anilines is 2. The normalized spacial score (nSPS) is 15.1. The first-order valence-electron chi connectivity index (χ1n) is 6.50. The van der Waals surface area contributed by atoms with Crippen LogP contribution in [-0.2, 0) is 12.8 Å². The first-order valence-corrected chi connectivity index (χ1v) is 7.26. The maximum Gasteiger partial charge on any atom is 0.125 e. The molecule has 0 amide bonds. The second-order valence-corrected chi connectivity index (χ2v) is 4.79. The molecule has 100 valence electrons. The SMILES string of the molecule is CCl.Oc1cc2c(c3c4c(ccc13)NCC4)CCN2. The van der Waals surface area contributed by atoms with Crippen molar-refractivity contribution in [1.82, 2.24) is 0 Å². The Kier molecular flexibility index (Phi) is 3.15. The summed E-state index contributed by atoms with van der Waals surface area (Å²) in [5.41, 5.74) is 5.09. The van der Waals surface area contributed by atoms with Gasteiger partial charge in [0.2, 0.25) is 0 Å². The fourth-order valence-corrected chi connectivity index (χ4v) is 3.13. The van der Waals surface area contributed by atoms with Gasteiger partial charge in [0, 0.05) is 42.3 Å². The lowest BCUT2D eigenvalue weighted by atomic mass is 9.95. The Morgan fingerprint density at radius 2 is 1.63 bits per heavy atom. The van der Waals surface area contributed by atoms with Crippen LogP contribution < -0.4 is 10.6 Å². The molecule has 4 heteroatoms. The summed E-state index contributed by atoms with van der Waals surface area (Å²) in [5, 5.41) is 19.1. The van der Waals surface area contributed by atoms with Crippen molar-refractivity contribution < 1.29 is 5.11 Å². The molecule has 0 saturated carbocycles. The van der Waals surface area contributed by atoms with Crippen molar-refractivity contribution in [3.8, 4) is 5.75 Å². The van der Waals surface area contributed by atoms with Crippen molar-refractivity contribution in [2.45, 2.75) is 12.8 Å². The number of fused-ring (bicyclic) bond motifs is 5.